The van der Waals surface area contributed by atoms with Crippen molar-refractivity contribution in [2.24, 2.45) is 7.05 Å². The summed E-state index contributed by atoms with van der Waals surface area (Å²) < 4.78 is 51.9. The standard InChI is InChI=1S/C35H37F2N3O4/c1-4-28-32-29(39(3)38-28)21-42-19-9-8-18-40-33-25(14-15-27(37)31(32)33)24(34(40)35(41)43-5-2)13-10-20-44-30-17-16-26(36)22-11-6-7-12-23(22)30/h6-7,11-12,14-17H,4-5,8-10,13,18-21H2,1-3H3. The number of carbonyl (C=O) groups excluding carboxylic acids is 1. The molecule has 44 heavy (non-hydrogen) atoms. The maximum absolute atomic E-state index is 16.1. The highest BCUT2D eigenvalue weighted by Gasteiger charge is 2.30. The van der Waals surface area contributed by atoms with E-state index in [0.29, 0.717) is 78.9 Å². The predicted octanol–water partition coefficient (Wildman–Crippen LogP) is 7.53. The van der Waals surface area contributed by atoms with Crippen molar-refractivity contribution in [3.05, 3.63) is 82.8 Å². The van der Waals surface area contributed by atoms with E-state index in [2.05, 4.69) is 0 Å². The normalized spacial score (nSPS) is 13.6. The molecule has 0 amide bonds. The van der Waals surface area contributed by atoms with Gasteiger partial charge in [0.2, 0.25) is 0 Å². The van der Waals surface area contributed by atoms with Gasteiger partial charge < -0.3 is 18.8 Å². The van der Waals surface area contributed by atoms with Crippen molar-refractivity contribution in [2.75, 3.05) is 19.8 Å². The highest BCUT2D eigenvalue weighted by atomic mass is 19.1. The summed E-state index contributed by atoms with van der Waals surface area (Å²) in [5, 5.41) is 6.75. The summed E-state index contributed by atoms with van der Waals surface area (Å²) in [6.45, 7) is 5.75. The summed E-state index contributed by atoms with van der Waals surface area (Å²) in [6, 6.07) is 13.5. The molecule has 0 unspecified atom stereocenters. The van der Waals surface area contributed by atoms with E-state index < -0.39 is 5.97 Å². The van der Waals surface area contributed by atoms with Crippen LogP contribution in [0.4, 0.5) is 8.78 Å². The van der Waals surface area contributed by atoms with Crippen LogP contribution in [0.15, 0.2) is 48.5 Å². The first-order valence-electron chi connectivity index (χ1n) is 15.4. The van der Waals surface area contributed by atoms with E-state index in [-0.39, 0.29) is 18.2 Å². The number of rotatable bonds is 8. The molecule has 0 saturated heterocycles. The summed E-state index contributed by atoms with van der Waals surface area (Å²) >= 11 is 0. The first kappa shape index (κ1) is 29.8. The molecular weight excluding hydrogens is 564 g/mol. The number of hydrogen-bond acceptors (Lipinski definition) is 5. The molecule has 1 aliphatic rings. The van der Waals surface area contributed by atoms with Gasteiger partial charge in [0.25, 0.3) is 0 Å². The minimum Gasteiger partial charge on any atom is -0.493 e. The Morgan fingerprint density at radius 1 is 0.977 bits per heavy atom. The van der Waals surface area contributed by atoms with Crippen molar-refractivity contribution in [3.8, 4) is 16.9 Å². The number of halogens is 2. The molecule has 0 atom stereocenters. The minimum absolute atomic E-state index is 0.225. The first-order valence-corrected chi connectivity index (χ1v) is 15.4. The van der Waals surface area contributed by atoms with Crippen LogP contribution in [0, 0.1) is 11.6 Å². The van der Waals surface area contributed by atoms with Crippen molar-refractivity contribution in [1.29, 1.82) is 0 Å². The number of hydrogen-bond donors (Lipinski definition) is 0. The SMILES string of the molecule is CCOC(=O)c1c(CCCOc2ccc(F)c3ccccc23)c2ccc(F)c3c2n1CCCCOCc1c-3c(CC)nn1C. The zero-order valence-electron chi connectivity index (χ0n) is 25.4. The topological polar surface area (TPSA) is 67.5 Å². The van der Waals surface area contributed by atoms with Crippen LogP contribution in [0.5, 0.6) is 5.75 Å². The van der Waals surface area contributed by atoms with Gasteiger partial charge in [-0.25, -0.2) is 13.6 Å². The quantitative estimate of drug-likeness (QED) is 0.136. The number of fused-ring (bicyclic) bond motifs is 3. The Labute approximate surface area is 255 Å². The third-order valence-electron chi connectivity index (χ3n) is 8.39. The lowest BCUT2D eigenvalue weighted by atomic mass is 9.96. The molecule has 2 aromatic heterocycles. The molecule has 0 fully saturated rings. The van der Waals surface area contributed by atoms with E-state index in [1.165, 1.54) is 12.1 Å². The fourth-order valence-corrected chi connectivity index (χ4v) is 6.40. The summed E-state index contributed by atoms with van der Waals surface area (Å²) in [5.74, 6) is -0.485. The molecule has 0 N–H and O–H groups in total. The Bertz CT molecular complexity index is 1840. The second-order valence-corrected chi connectivity index (χ2v) is 11.1. The van der Waals surface area contributed by atoms with Crippen molar-refractivity contribution in [1.82, 2.24) is 14.3 Å². The Hall–Kier alpha value is -4.24. The lowest BCUT2D eigenvalue weighted by Gasteiger charge is -2.14. The van der Waals surface area contributed by atoms with Gasteiger partial charge in [0, 0.05) is 47.5 Å². The van der Waals surface area contributed by atoms with Gasteiger partial charge in [0.05, 0.1) is 36.7 Å². The van der Waals surface area contributed by atoms with Crippen LogP contribution < -0.4 is 4.74 Å². The Balaban J connectivity index is 1.45. The smallest absolute Gasteiger partial charge is 0.355 e. The Kier molecular flexibility index (Phi) is 8.66. The number of ether oxygens (including phenoxy) is 3. The fourth-order valence-electron chi connectivity index (χ4n) is 6.40. The molecular formula is C35H37F2N3O4. The van der Waals surface area contributed by atoms with Crippen LogP contribution in [0.3, 0.4) is 0 Å². The highest BCUT2D eigenvalue weighted by molar-refractivity contribution is 6.05. The highest BCUT2D eigenvalue weighted by Crippen LogP contribution is 2.41. The number of benzene rings is 3. The molecule has 3 aromatic carbocycles. The maximum atomic E-state index is 16.1. The molecule has 5 aromatic rings. The summed E-state index contributed by atoms with van der Waals surface area (Å²) in [4.78, 5) is 13.6. The van der Waals surface area contributed by atoms with Crippen LogP contribution in [0.1, 0.15) is 60.5 Å². The molecule has 6 rings (SSSR count). The predicted molar refractivity (Wildman–Crippen MR) is 166 cm³/mol. The van der Waals surface area contributed by atoms with Crippen molar-refractivity contribution < 1.29 is 27.8 Å². The third kappa shape index (κ3) is 5.34. The van der Waals surface area contributed by atoms with E-state index >= 15 is 4.39 Å². The largest absolute Gasteiger partial charge is 0.493 e. The summed E-state index contributed by atoms with van der Waals surface area (Å²) in [5.41, 5.74) is 4.70. The molecule has 0 aliphatic carbocycles. The zero-order valence-corrected chi connectivity index (χ0v) is 25.4. The van der Waals surface area contributed by atoms with Gasteiger partial charge in [-0.05, 0) is 68.9 Å². The van der Waals surface area contributed by atoms with E-state index in [0.717, 1.165) is 40.7 Å². The summed E-state index contributed by atoms with van der Waals surface area (Å²) in [7, 11) is 1.86. The second-order valence-electron chi connectivity index (χ2n) is 11.1. The maximum Gasteiger partial charge on any atom is 0.355 e. The van der Waals surface area contributed by atoms with E-state index in [4.69, 9.17) is 19.3 Å². The zero-order chi connectivity index (χ0) is 30.8. The van der Waals surface area contributed by atoms with Gasteiger partial charge in [0.1, 0.15) is 23.1 Å². The van der Waals surface area contributed by atoms with Gasteiger partial charge in [-0.3, -0.25) is 4.68 Å². The number of carbonyl (C=O) groups is 1. The van der Waals surface area contributed by atoms with Crippen LogP contribution in [-0.4, -0.2) is 40.1 Å². The van der Waals surface area contributed by atoms with Crippen LogP contribution in [0.25, 0.3) is 32.8 Å². The average Bonchev–Trinajstić information content (AvgIpc) is 3.50. The lowest BCUT2D eigenvalue weighted by Crippen LogP contribution is -2.15. The number of esters is 1. The van der Waals surface area contributed by atoms with E-state index in [9.17, 15) is 9.18 Å². The molecule has 1 aliphatic heterocycles. The molecule has 230 valence electrons. The number of nitrogens with zero attached hydrogens (tertiary/aromatic N) is 3. The number of aryl methyl sites for hydroxylation is 4. The third-order valence-corrected chi connectivity index (χ3v) is 8.39. The fraction of sp³-hybridized carbons (Fsp3) is 0.371. The minimum atomic E-state index is -0.427. The average molecular weight is 602 g/mol. The van der Waals surface area contributed by atoms with Gasteiger partial charge in [-0.1, -0.05) is 31.2 Å². The van der Waals surface area contributed by atoms with Gasteiger partial charge >= 0.3 is 5.97 Å². The van der Waals surface area contributed by atoms with Crippen molar-refractivity contribution >= 4 is 27.6 Å². The molecule has 0 bridgehead atoms. The molecule has 0 saturated carbocycles. The van der Waals surface area contributed by atoms with Crippen molar-refractivity contribution in [3.63, 3.8) is 0 Å². The van der Waals surface area contributed by atoms with Gasteiger partial charge in [0.15, 0.2) is 0 Å². The summed E-state index contributed by atoms with van der Waals surface area (Å²) in [6.07, 6.45) is 3.24. The molecule has 0 radical (unpaired) electrons. The molecule has 0 spiro atoms. The van der Waals surface area contributed by atoms with E-state index in [1.807, 2.05) is 30.7 Å². The lowest BCUT2D eigenvalue weighted by molar-refractivity contribution is 0.0512. The molecule has 3 heterocycles. The first-order chi connectivity index (χ1) is 21.4. The van der Waals surface area contributed by atoms with Gasteiger partial charge in [-0.15, -0.1) is 0 Å². The van der Waals surface area contributed by atoms with Gasteiger partial charge in [-0.2, -0.15) is 5.10 Å². The van der Waals surface area contributed by atoms with Crippen LogP contribution >= 0.6 is 0 Å². The van der Waals surface area contributed by atoms with Crippen molar-refractivity contribution in [2.45, 2.75) is 59.1 Å². The monoisotopic (exact) mass is 601 g/mol. The second kappa shape index (κ2) is 12.8. The van der Waals surface area contributed by atoms with E-state index in [1.54, 1.807) is 35.9 Å². The van der Waals surface area contributed by atoms with Crippen LogP contribution in [0.2, 0.25) is 0 Å². The Morgan fingerprint density at radius 3 is 2.57 bits per heavy atom. The molecule has 7 nitrogen and oxygen atoms in total. The van der Waals surface area contributed by atoms with Crippen LogP contribution in [-0.2, 0) is 42.5 Å². The number of aromatic nitrogens is 3. The Morgan fingerprint density at radius 2 is 1.77 bits per heavy atom. The molecule has 9 heteroatoms.